The minimum absolute atomic E-state index is 0.0234. The van der Waals surface area contributed by atoms with Crippen LogP contribution in [-0.2, 0) is 0 Å². The van der Waals surface area contributed by atoms with E-state index < -0.39 is 12.1 Å². The first-order valence-electron chi connectivity index (χ1n) is 8.20. The molecule has 140 valence electrons. The lowest BCUT2D eigenvalue weighted by atomic mass is 10.0. The van der Waals surface area contributed by atoms with Crippen LogP contribution in [0.3, 0.4) is 0 Å². The van der Waals surface area contributed by atoms with Crippen molar-refractivity contribution in [1.29, 1.82) is 0 Å². The van der Waals surface area contributed by atoms with Gasteiger partial charge in [-0.15, -0.1) is 0 Å². The molecule has 0 fully saturated rings. The summed E-state index contributed by atoms with van der Waals surface area (Å²) in [7, 11) is 0. The lowest BCUT2D eigenvalue weighted by molar-refractivity contribution is 0.236. The van der Waals surface area contributed by atoms with E-state index in [-0.39, 0.29) is 5.92 Å². The van der Waals surface area contributed by atoms with Crippen molar-refractivity contribution in [3.05, 3.63) is 58.7 Å². The molecule has 1 atom stereocenters. The van der Waals surface area contributed by atoms with Gasteiger partial charge in [-0.05, 0) is 36.2 Å². The first kappa shape index (κ1) is 19.1. The molecule has 0 aliphatic carbocycles. The molecule has 27 heavy (non-hydrogen) atoms. The second-order valence-corrected chi connectivity index (χ2v) is 6.96. The maximum absolute atomic E-state index is 12.4. The van der Waals surface area contributed by atoms with Crippen LogP contribution in [0, 0.1) is 5.92 Å². The van der Waals surface area contributed by atoms with E-state index in [1.807, 2.05) is 13.8 Å². The van der Waals surface area contributed by atoms with Crippen molar-refractivity contribution >= 4 is 34.9 Å². The van der Waals surface area contributed by atoms with Crippen molar-refractivity contribution in [3.63, 3.8) is 0 Å². The van der Waals surface area contributed by atoms with Crippen LogP contribution >= 0.6 is 23.2 Å². The lowest BCUT2D eigenvalue weighted by Crippen LogP contribution is -2.35. The SMILES string of the molecule is CC(C)C(NC(=O)Nc1ccc(Cl)c(Cl)c1)c1nc(-c2ccncc2)no1. The number of carbonyl (C=O) groups is 1. The average Bonchev–Trinajstić information content (AvgIpc) is 3.13. The summed E-state index contributed by atoms with van der Waals surface area (Å²) < 4.78 is 5.37. The molecule has 0 saturated heterocycles. The summed E-state index contributed by atoms with van der Waals surface area (Å²) in [4.78, 5) is 20.7. The minimum Gasteiger partial charge on any atom is -0.337 e. The number of urea groups is 1. The minimum atomic E-state index is -0.462. The molecule has 2 heterocycles. The molecule has 0 spiro atoms. The third-order valence-electron chi connectivity index (χ3n) is 3.78. The Morgan fingerprint density at radius 3 is 2.52 bits per heavy atom. The summed E-state index contributed by atoms with van der Waals surface area (Å²) in [6.45, 7) is 3.89. The van der Waals surface area contributed by atoms with Crippen molar-refractivity contribution in [3.8, 4) is 11.4 Å². The fraction of sp³-hybridized carbons (Fsp3) is 0.222. The van der Waals surface area contributed by atoms with Crippen LogP contribution < -0.4 is 10.6 Å². The topological polar surface area (TPSA) is 92.9 Å². The Morgan fingerprint density at radius 1 is 1.11 bits per heavy atom. The van der Waals surface area contributed by atoms with Gasteiger partial charge in [0.05, 0.1) is 10.0 Å². The molecular weight excluding hydrogens is 389 g/mol. The molecule has 7 nitrogen and oxygen atoms in total. The van der Waals surface area contributed by atoms with Crippen LogP contribution in [0.25, 0.3) is 11.4 Å². The number of nitrogens with zero attached hydrogens (tertiary/aromatic N) is 3. The van der Waals surface area contributed by atoms with E-state index in [0.717, 1.165) is 5.56 Å². The summed E-state index contributed by atoms with van der Waals surface area (Å²) >= 11 is 11.9. The first-order chi connectivity index (χ1) is 12.9. The Balaban J connectivity index is 1.73. The quantitative estimate of drug-likeness (QED) is 0.625. The molecule has 2 aromatic heterocycles. The molecule has 1 unspecified atom stereocenters. The third-order valence-corrected chi connectivity index (χ3v) is 4.52. The second kappa shape index (κ2) is 8.37. The van der Waals surface area contributed by atoms with Gasteiger partial charge in [0.2, 0.25) is 11.7 Å². The van der Waals surface area contributed by atoms with Gasteiger partial charge in [0.15, 0.2) is 0 Å². The van der Waals surface area contributed by atoms with Gasteiger partial charge in [0.25, 0.3) is 0 Å². The van der Waals surface area contributed by atoms with Crippen LogP contribution in [0.1, 0.15) is 25.8 Å². The Labute approximate surface area is 166 Å². The molecule has 3 rings (SSSR count). The Morgan fingerprint density at radius 2 is 1.85 bits per heavy atom. The van der Waals surface area contributed by atoms with Gasteiger partial charge in [-0.1, -0.05) is 42.2 Å². The van der Waals surface area contributed by atoms with Gasteiger partial charge in [-0.25, -0.2) is 4.79 Å². The first-order valence-corrected chi connectivity index (χ1v) is 8.96. The Bertz CT molecular complexity index is 931. The number of pyridine rings is 1. The predicted molar refractivity (Wildman–Crippen MR) is 104 cm³/mol. The fourth-order valence-electron chi connectivity index (χ4n) is 2.38. The summed E-state index contributed by atoms with van der Waals surface area (Å²) in [6, 6.07) is 7.52. The number of hydrogen-bond acceptors (Lipinski definition) is 5. The van der Waals surface area contributed by atoms with Crippen molar-refractivity contribution in [2.75, 3.05) is 5.32 Å². The second-order valence-electron chi connectivity index (χ2n) is 6.14. The van der Waals surface area contributed by atoms with Gasteiger partial charge in [0.1, 0.15) is 6.04 Å². The molecule has 0 bridgehead atoms. The Hall–Kier alpha value is -2.64. The molecule has 0 radical (unpaired) electrons. The average molecular weight is 406 g/mol. The fourth-order valence-corrected chi connectivity index (χ4v) is 2.67. The van der Waals surface area contributed by atoms with Crippen molar-refractivity contribution in [2.45, 2.75) is 19.9 Å². The number of amides is 2. The number of benzene rings is 1. The monoisotopic (exact) mass is 405 g/mol. The zero-order valence-electron chi connectivity index (χ0n) is 14.6. The van der Waals surface area contributed by atoms with Gasteiger partial charge >= 0.3 is 6.03 Å². The largest absolute Gasteiger partial charge is 0.337 e. The van der Waals surface area contributed by atoms with E-state index in [1.54, 1.807) is 42.7 Å². The number of hydrogen-bond donors (Lipinski definition) is 2. The molecule has 0 saturated carbocycles. The van der Waals surface area contributed by atoms with Crippen LogP contribution in [0.5, 0.6) is 0 Å². The zero-order valence-corrected chi connectivity index (χ0v) is 16.1. The summed E-state index contributed by atoms with van der Waals surface area (Å²) in [5.41, 5.74) is 1.30. The Kier molecular flexibility index (Phi) is 5.93. The molecule has 2 amide bonds. The molecular formula is C18H17Cl2N5O2. The third kappa shape index (κ3) is 4.75. The van der Waals surface area contributed by atoms with E-state index in [0.29, 0.717) is 27.4 Å². The van der Waals surface area contributed by atoms with E-state index in [2.05, 4.69) is 25.8 Å². The van der Waals surface area contributed by atoms with E-state index >= 15 is 0 Å². The van der Waals surface area contributed by atoms with Gasteiger partial charge in [0, 0.05) is 23.6 Å². The number of aromatic nitrogens is 3. The maximum Gasteiger partial charge on any atom is 0.319 e. The zero-order chi connectivity index (χ0) is 19.4. The lowest BCUT2D eigenvalue weighted by Gasteiger charge is -2.19. The van der Waals surface area contributed by atoms with Crippen LogP contribution in [-0.4, -0.2) is 21.2 Å². The molecule has 1 aromatic carbocycles. The summed E-state index contributed by atoms with van der Waals surface area (Å²) in [5, 5.41) is 10.3. The van der Waals surface area contributed by atoms with Gasteiger partial charge < -0.3 is 15.2 Å². The molecule has 2 N–H and O–H groups in total. The highest BCUT2D eigenvalue weighted by Crippen LogP contribution is 2.26. The van der Waals surface area contributed by atoms with Crippen molar-refractivity contribution < 1.29 is 9.32 Å². The maximum atomic E-state index is 12.4. The highest BCUT2D eigenvalue weighted by atomic mass is 35.5. The standard InChI is InChI=1S/C18H17Cl2N5O2/c1-10(2)15(17-24-16(25-27-17)11-5-7-21-8-6-11)23-18(26)22-12-3-4-13(19)14(20)9-12/h3-10,15H,1-2H3,(H2,22,23,26). The number of nitrogens with one attached hydrogen (secondary N) is 2. The summed E-state index contributed by atoms with van der Waals surface area (Å²) in [6.07, 6.45) is 3.29. The number of rotatable bonds is 5. The van der Waals surface area contributed by atoms with Crippen molar-refractivity contribution in [1.82, 2.24) is 20.4 Å². The predicted octanol–water partition coefficient (Wildman–Crippen LogP) is 4.96. The number of halogens is 2. The van der Waals surface area contributed by atoms with E-state index in [9.17, 15) is 4.79 Å². The number of anilines is 1. The van der Waals surface area contributed by atoms with Crippen LogP contribution in [0.2, 0.25) is 10.0 Å². The van der Waals surface area contributed by atoms with E-state index in [1.165, 1.54) is 0 Å². The highest BCUT2D eigenvalue weighted by Gasteiger charge is 2.25. The molecule has 3 aromatic rings. The molecule has 0 aliphatic heterocycles. The normalized spacial score (nSPS) is 12.0. The van der Waals surface area contributed by atoms with Gasteiger partial charge in [-0.2, -0.15) is 4.98 Å². The van der Waals surface area contributed by atoms with Crippen LogP contribution in [0.15, 0.2) is 47.2 Å². The van der Waals surface area contributed by atoms with Crippen molar-refractivity contribution in [2.24, 2.45) is 5.92 Å². The smallest absolute Gasteiger partial charge is 0.319 e. The van der Waals surface area contributed by atoms with Crippen LogP contribution in [0.4, 0.5) is 10.5 Å². The molecule has 9 heteroatoms. The number of carbonyl (C=O) groups excluding carboxylic acids is 1. The molecule has 0 aliphatic rings. The van der Waals surface area contributed by atoms with Gasteiger partial charge in [-0.3, -0.25) is 4.98 Å². The summed E-state index contributed by atoms with van der Waals surface area (Å²) in [5.74, 6) is 0.779. The van der Waals surface area contributed by atoms with E-state index in [4.69, 9.17) is 27.7 Å². The highest BCUT2D eigenvalue weighted by molar-refractivity contribution is 6.42.